The largest absolute Gasteiger partial charge is 0.389 e. The highest BCUT2D eigenvalue weighted by molar-refractivity contribution is 7.80. The van der Waals surface area contributed by atoms with Gasteiger partial charge in [0, 0.05) is 25.3 Å². The summed E-state index contributed by atoms with van der Waals surface area (Å²) >= 11 is 4.92. The van der Waals surface area contributed by atoms with E-state index in [9.17, 15) is 4.79 Å². The van der Waals surface area contributed by atoms with E-state index in [2.05, 4.69) is 5.32 Å². The molecule has 16 heavy (non-hydrogen) atoms. The van der Waals surface area contributed by atoms with E-state index in [-0.39, 0.29) is 12.5 Å². The topological polar surface area (TPSA) is 58.4 Å². The summed E-state index contributed by atoms with van der Waals surface area (Å²) in [5.41, 5.74) is 7.11. The normalized spacial score (nSPS) is 9.62. The van der Waals surface area contributed by atoms with Crippen LogP contribution in [0, 0.1) is 0 Å². The lowest BCUT2D eigenvalue weighted by Gasteiger charge is -2.13. The highest BCUT2D eigenvalue weighted by atomic mass is 32.1. The maximum Gasteiger partial charge on any atom is 0.241 e. The van der Waals surface area contributed by atoms with Crippen LogP contribution in [-0.4, -0.2) is 36.4 Å². The van der Waals surface area contributed by atoms with Crippen molar-refractivity contribution in [3.63, 3.8) is 0 Å². The number of carbonyl (C=O) groups is 1. The molecule has 4 nitrogen and oxygen atoms in total. The Kier molecular flexibility index (Phi) is 4.25. The Morgan fingerprint density at radius 3 is 2.62 bits per heavy atom. The molecule has 1 aromatic rings. The van der Waals surface area contributed by atoms with Gasteiger partial charge in [-0.15, -0.1) is 0 Å². The van der Waals surface area contributed by atoms with Gasteiger partial charge in [-0.25, -0.2) is 0 Å². The quantitative estimate of drug-likeness (QED) is 0.761. The van der Waals surface area contributed by atoms with E-state index in [1.165, 1.54) is 4.90 Å². The molecule has 86 valence electrons. The number of benzene rings is 1. The molecule has 1 aromatic carbocycles. The molecule has 5 heteroatoms. The van der Waals surface area contributed by atoms with Crippen molar-refractivity contribution in [2.45, 2.75) is 0 Å². The molecule has 0 fully saturated rings. The Morgan fingerprint density at radius 1 is 1.44 bits per heavy atom. The third-order valence-corrected chi connectivity index (χ3v) is 2.34. The molecular formula is C11H15N3OS. The van der Waals surface area contributed by atoms with E-state index in [0.717, 1.165) is 11.3 Å². The number of amides is 1. The van der Waals surface area contributed by atoms with Crippen LogP contribution in [0.15, 0.2) is 24.3 Å². The number of nitrogens with one attached hydrogen (secondary N) is 1. The number of thiocarbonyl (C=S) groups is 1. The second-order valence-electron chi connectivity index (χ2n) is 3.55. The minimum Gasteiger partial charge on any atom is -0.389 e. The van der Waals surface area contributed by atoms with Crippen molar-refractivity contribution in [1.82, 2.24) is 4.90 Å². The van der Waals surface area contributed by atoms with Gasteiger partial charge in [0.15, 0.2) is 0 Å². The zero-order valence-electron chi connectivity index (χ0n) is 9.36. The highest BCUT2D eigenvalue weighted by Gasteiger charge is 2.07. The van der Waals surface area contributed by atoms with E-state index < -0.39 is 0 Å². The van der Waals surface area contributed by atoms with Crippen molar-refractivity contribution in [1.29, 1.82) is 0 Å². The summed E-state index contributed by atoms with van der Waals surface area (Å²) < 4.78 is 0. The number of para-hydroxylation sites is 1. The third kappa shape index (κ3) is 3.20. The molecule has 0 aliphatic carbocycles. The molecule has 1 rings (SSSR count). The standard InChI is InChI=1S/C11H15N3OS/c1-14(2)10(15)7-13-9-6-4-3-5-8(9)11(12)16/h3-6,13H,7H2,1-2H3,(H2,12,16). The maximum atomic E-state index is 11.4. The first-order chi connectivity index (χ1) is 7.52. The molecule has 0 saturated carbocycles. The molecule has 0 atom stereocenters. The van der Waals surface area contributed by atoms with Crippen LogP contribution in [0.4, 0.5) is 5.69 Å². The van der Waals surface area contributed by atoms with Crippen molar-refractivity contribution in [2.75, 3.05) is 26.0 Å². The third-order valence-electron chi connectivity index (χ3n) is 2.12. The number of rotatable bonds is 4. The highest BCUT2D eigenvalue weighted by Crippen LogP contribution is 2.14. The van der Waals surface area contributed by atoms with Crippen molar-refractivity contribution < 1.29 is 4.79 Å². The van der Waals surface area contributed by atoms with Gasteiger partial charge < -0.3 is 16.0 Å². The van der Waals surface area contributed by atoms with Crippen LogP contribution in [0.1, 0.15) is 5.56 Å². The maximum absolute atomic E-state index is 11.4. The van der Waals surface area contributed by atoms with Gasteiger partial charge in [-0.2, -0.15) is 0 Å². The Labute approximate surface area is 100 Å². The van der Waals surface area contributed by atoms with Gasteiger partial charge in [-0.3, -0.25) is 4.79 Å². The Morgan fingerprint density at radius 2 is 2.06 bits per heavy atom. The fraction of sp³-hybridized carbons (Fsp3) is 0.273. The molecule has 0 heterocycles. The Bertz CT molecular complexity index is 404. The molecule has 0 bridgehead atoms. The van der Waals surface area contributed by atoms with Gasteiger partial charge in [-0.05, 0) is 12.1 Å². The SMILES string of the molecule is CN(C)C(=O)CNc1ccccc1C(N)=S. The number of nitrogens with two attached hydrogens (primary N) is 1. The van der Waals surface area contributed by atoms with Crippen LogP contribution in [-0.2, 0) is 4.79 Å². The molecule has 0 saturated heterocycles. The molecule has 0 radical (unpaired) electrons. The smallest absolute Gasteiger partial charge is 0.241 e. The van der Waals surface area contributed by atoms with Crippen LogP contribution in [0.5, 0.6) is 0 Å². The summed E-state index contributed by atoms with van der Waals surface area (Å²) in [5, 5.41) is 3.02. The second kappa shape index (κ2) is 5.46. The number of anilines is 1. The number of hydrogen-bond donors (Lipinski definition) is 2. The van der Waals surface area contributed by atoms with E-state index in [0.29, 0.717) is 4.99 Å². The van der Waals surface area contributed by atoms with Gasteiger partial charge >= 0.3 is 0 Å². The Balaban J connectivity index is 2.74. The monoisotopic (exact) mass is 237 g/mol. The summed E-state index contributed by atoms with van der Waals surface area (Å²) in [6.07, 6.45) is 0. The average Bonchev–Trinajstić information content (AvgIpc) is 2.25. The second-order valence-corrected chi connectivity index (χ2v) is 3.99. The molecule has 0 spiro atoms. The van der Waals surface area contributed by atoms with E-state index in [1.807, 2.05) is 24.3 Å². The first-order valence-electron chi connectivity index (χ1n) is 4.85. The van der Waals surface area contributed by atoms with E-state index >= 15 is 0 Å². The molecule has 0 aliphatic heterocycles. The lowest BCUT2D eigenvalue weighted by Crippen LogP contribution is -2.29. The van der Waals surface area contributed by atoms with Gasteiger partial charge in [0.1, 0.15) is 4.99 Å². The first-order valence-corrected chi connectivity index (χ1v) is 5.26. The zero-order valence-corrected chi connectivity index (χ0v) is 10.2. The van der Waals surface area contributed by atoms with Crippen LogP contribution >= 0.6 is 12.2 Å². The number of nitrogens with zero attached hydrogens (tertiary/aromatic N) is 1. The number of hydrogen-bond acceptors (Lipinski definition) is 3. The number of likely N-dealkylation sites (N-methyl/N-ethyl adjacent to an activating group) is 1. The van der Waals surface area contributed by atoms with Crippen molar-refractivity contribution in [3.05, 3.63) is 29.8 Å². The lowest BCUT2D eigenvalue weighted by molar-refractivity contribution is -0.126. The van der Waals surface area contributed by atoms with Gasteiger partial charge in [0.05, 0.1) is 6.54 Å². The lowest BCUT2D eigenvalue weighted by atomic mass is 10.2. The predicted molar refractivity (Wildman–Crippen MR) is 69.5 cm³/mol. The van der Waals surface area contributed by atoms with Crippen LogP contribution < -0.4 is 11.1 Å². The van der Waals surface area contributed by atoms with Crippen LogP contribution in [0.3, 0.4) is 0 Å². The van der Waals surface area contributed by atoms with Crippen LogP contribution in [0.25, 0.3) is 0 Å². The fourth-order valence-corrected chi connectivity index (χ4v) is 1.36. The van der Waals surface area contributed by atoms with E-state index in [1.54, 1.807) is 14.1 Å². The number of carbonyl (C=O) groups excluding carboxylic acids is 1. The van der Waals surface area contributed by atoms with Crippen molar-refractivity contribution >= 4 is 28.8 Å². The molecule has 1 amide bonds. The Hall–Kier alpha value is -1.62. The van der Waals surface area contributed by atoms with Crippen molar-refractivity contribution in [3.8, 4) is 0 Å². The molecule has 0 aromatic heterocycles. The van der Waals surface area contributed by atoms with Gasteiger partial charge in [-0.1, -0.05) is 24.4 Å². The predicted octanol–water partition coefficient (Wildman–Crippen LogP) is 0.821. The first kappa shape index (κ1) is 12.4. The summed E-state index contributed by atoms with van der Waals surface area (Å²) in [4.78, 5) is 13.2. The van der Waals surface area contributed by atoms with Crippen molar-refractivity contribution in [2.24, 2.45) is 5.73 Å². The summed E-state index contributed by atoms with van der Waals surface area (Å²) in [7, 11) is 3.42. The minimum atomic E-state index is -0.00209. The summed E-state index contributed by atoms with van der Waals surface area (Å²) in [6, 6.07) is 7.39. The minimum absolute atomic E-state index is 0.00209. The van der Waals surface area contributed by atoms with Crippen LogP contribution in [0.2, 0.25) is 0 Å². The van der Waals surface area contributed by atoms with Gasteiger partial charge in [0.2, 0.25) is 5.91 Å². The molecule has 3 N–H and O–H groups in total. The summed E-state index contributed by atoms with van der Waals surface area (Å²) in [6.45, 7) is 0.229. The van der Waals surface area contributed by atoms with Gasteiger partial charge in [0.25, 0.3) is 0 Å². The zero-order chi connectivity index (χ0) is 12.1. The molecular weight excluding hydrogens is 222 g/mol. The average molecular weight is 237 g/mol. The fourth-order valence-electron chi connectivity index (χ4n) is 1.18. The van der Waals surface area contributed by atoms with E-state index in [4.69, 9.17) is 18.0 Å². The summed E-state index contributed by atoms with van der Waals surface area (Å²) in [5.74, 6) is -0.00209. The molecule has 0 aliphatic rings. The molecule has 0 unspecified atom stereocenters.